The van der Waals surface area contributed by atoms with Crippen LogP contribution in [-0.2, 0) is 14.2 Å². The van der Waals surface area contributed by atoms with Gasteiger partial charge in [-0.25, -0.2) is 8.78 Å². The van der Waals surface area contributed by atoms with Crippen molar-refractivity contribution in [3.8, 4) is 5.75 Å². The molecule has 2 aliphatic heterocycles. The van der Waals surface area contributed by atoms with E-state index in [1.807, 2.05) is 13.8 Å². The van der Waals surface area contributed by atoms with E-state index in [0.717, 1.165) is 25.0 Å². The number of hydrogen-bond acceptors (Lipinski definition) is 4. The molecule has 0 aromatic heterocycles. The van der Waals surface area contributed by atoms with Crippen molar-refractivity contribution in [2.45, 2.75) is 76.5 Å². The third-order valence-electron chi connectivity index (χ3n) is 5.62. The summed E-state index contributed by atoms with van der Waals surface area (Å²) in [6.45, 7) is 3.43. The SMILES string of the molecule is CCCC1CCC(C(F)(F)Oc2ccc(C3OCC(F)(CCC)CO3)cc2F)CO1. The molecule has 2 aliphatic rings. The summed E-state index contributed by atoms with van der Waals surface area (Å²) in [5.41, 5.74) is -1.28. The minimum absolute atomic E-state index is 0.00561. The van der Waals surface area contributed by atoms with Crippen LogP contribution in [0.5, 0.6) is 5.75 Å². The number of rotatable bonds is 8. The van der Waals surface area contributed by atoms with Crippen molar-refractivity contribution >= 4 is 0 Å². The molecule has 2 saturated heterocycles. The molecule has 2 heterocycles. The summed E-state index contributed by atoms with van der Waals surface area (Å²) in [6, 6.07) is 3.53. The Kier molecular flexibility index (Phi) is 7.63. The van der Waals surface area contributed by atoms with Crippen molar-refractivity contribution in [3.63, 3.8) is 0 Å². The van der Waals surface area contributed by atoms with Gasteiger partial charge >= 0.3 is 6.11 Å². The zero-order chi connectivity index (χ0) is 21.8. The van der Waals surface area contributed by atoms with Gasteiger partial charge in [0.15, 0.2) is 23.5 Å². The van der Waals surface area contributed by atoms with Crippen molar-refractivity contribution in [2.75, 3.05) is 19.8 Å². The van der Waals surface area contributed by atoms with Crippen molar-refractivity contribution in [2.24, 2.45) is 5.92 Å². The fourth-order valence-electron chi connectivity index (χ4n) is 3.92. The van der Waals surface area contributed by atoms with Gasteiger partial charge in [-0.3, -0.25) is 0 Å². The van der Waals surface area contributed by atoms with Crippen molar-refractivity contribution < 1.29 is 36.5 Å². The van der Waals surface area contributed by atoms with Gasteiger partial charge in [0.1, 0.15) is 0 Å². The lowest BCUT2D eigenvalue weighted by molar-refractivity contribution is -0.242. The molecular formula is C22H30F4O4. The molecule has 170 valence electrons. The summed E-state index contributed by atoms with van der Waals surface area (Å²) in [5, 5.41) is 0. The van der Waals surface area contributed by atoms with Crippen LogP contribution in [-0.4, -0.2) is 37.7 Å². The second kappa shape index (κ2) is 9.83. The van der Waals surface area contributed by atoms with E-state index >= 15 is 0 Å². The van der Waals surface area contributed by atoms with Gasteiger partial charge < -0.3 is 18.9 Å². The maximum Gasteiger partial charge on any atom is 0.403 e. The monoisotopic (exact) mass is 434 g/mol. The van der Waals surface area contributed by atoms with Gasteiger partial charge in [0.25, 0.3) is 0 Å². The van der Waals surface area contributed by atoms with Crippen molar-refractivity contribution in [3.05, 3.63) is 29.6 Å². The molecule has 8 heteroatoms. The summed E-state index contributed by atoms with van der Waals surface area (Å²) >= 11 is 0. The smallest absolute Gasteiger partial charge is 0.403 e. The molecule has 30 heavy (non-hydrogen) atoms. The third kappa shape index (κ3) is 5.65. The fourth-order valence-corrected chi connectivity index (χ4v) is 3.92. The Hall–Kier alpha value is -1.38. The summed E-state index contributed by atoms with van der Waals surface area (Å²) in [6.07, 6.45) is -1.00. The maximum atomic E-state index is 14.5. The largest absolute Gasteiger partial charge is 0.429 e. The minimum atomic E-state index is -3.55. The lowest BCUT2D eigenvalue weighted by atomic mass is 9.95. The lowest BCUT2D eigenvalue weighted by Crippen LogP contribution is -2.42. The highest BCUT2D eigenvalue weighted by atomic mass is 19.3. The van der Waals surface area contributed by atoms with E-state index < -0.39 is 35.6 Å². The Bertz CT molecular complexity index is 684. The van der Waals surface area contributed by atoms with Gasteiger partial charge in [-0.2, -0.15) is 8.78 Å². The first kappa shape index (κ1) is 23.3. The Morgan fingerprint density at radius 3 is 2.40 bits per heavy atom. The number of hydrogen-bond donors (Lipinski definition) is 0. The van der Waals surface area contributed by atoms with Gasteiger partial charge in [0.2, 0.25) is 0 Å². The number of benzene rings is 1. The predicted octanol–water partition coefficient (Wildman–Crippen LogP) is 5.95. The maximum absolute atomic E-state index is 14.5. The minimum Gasteiger partial charge on any atom is -0.429 e. The van der Waals surface area contributed by atoms with E-state index in [9.17, 15) is 17.6 Å². The molecule has 3 rings (SSSR count). The highest BCUT2D eigenvalue weighted by Crippen LogP contribution is 2.38. The average molecular weight is 434 g/mol. The van der Waals surface area contributed by atoms with E-state index in [4.69, 9.17) is 18.9 Å². The molecule has 2 fully saturated rings. The first-order valence-electron chi connectivity index (χ1n) is 10.7. The first-order chi connectivity index (χ1) is 14.3. The van der Waals surface area contributed by atoms with Crippen LogP contribution in [0.15, 0.2) is 18.2 Å². The van der Waals surface area contributed by atoms with Crippen LogP contribution in [0, 0.1) is 11.7 Å². The molecule has 0 saturated carbocycles. The van der Waals surface area contributed by atoms with Crippen molar-refractivity contribution in [1.29, 1.82) is 0 Å². The van der Waals surface area contributed by atoms with E-state index in [1.165, 1.54) is 6.07 Å². The summed E-state index contributed by atoms with van der Waals surface area (Å²) in [5.74, 6) is -2.64. The van der Waals surface area contributed by atoms with Gasteiger partial charge in [0.05, 0.1) is 31.8 Å². The third-order valence-corrected chi connectivity index (χ3v) is 5.62. The molecule has 4 nitrogen and oxygen atoms in total. The molecule has 0 spiro atoms. The number of halogens is 4. The number of ether oxygens (including phenoxy) is 4. The normalized spacial score (nSPS) is 30.3. The Balaban J connectivity index is 1.59. The molecule has 2 unspecified atom stereocenters. The van der Waals surface area contributed by atoms with Gasteiger partial charge in [0, 0.05) is 5.56 Å². The average Bonchev–Trinajstić information content (AvgIpc) is 2.71. The zero-order valence-corrected chi connectivity index (χ0v) is 17.5. The molecule has 0 amide bonds. The predicted molar refractivity (Wildman–Crippen MR) is 103 cm³/mol. The summed E-state index contributed by atoms with van der Waals surface area (Å²) < 4.78 is 79.0. The fraction of sp³-hybridized carbons (Fsp3) is 0.727. The molecule has 1 aromatic rings. The van der Waals surface area contributed by atoms with E-state index in [1.54, 1.807) is 0 Å². The van der Waals surface area contributed by atoms with Crippen LogP contribution in [0.4, 0.5) is 17.6 Å². The van der Waals surface area contributed by atoms with E-state index in [-0.39, 0.29) is 37.9 Å². The number of alkyl halides is 3. The zero-order valence-electron chi connectivity index (χ0n) is 17.5. The Morgan fingerprint density at radius 1 is 1.10 bits per heavy atom. The molecule has 0 bridgehead atoms. The highest BCUT2D eigenvalue weighted by Gasteiger charge is 2.45. The van der Waals surface area contributed by atoms with Crippen LogP contribution >= 0.6 is 0 Å². The van der Waals surface area contributed by atoms with Crippen molar-refractivity contribution in [1.82, 2.24) is 0 Å². The van der Waals surface area contributed by atoms with Gasteiger partial charge in [-0.05, 0) is 37.8 Å². The molecule has 0 N–H and O–H groups in total. The molecule has 1 aromatic carbocycles. The van der Waals surface area contributed by atoms with Crippen LogP contribution in [0.1, 0.15) is 64.2 Å². The topological polar surface area (TPSA) is 36.9 Å². The summed E-state index contributed by atoms with van der Waals surface area (Å²) in [4.78, 5) is 0. The second-order valence-corrected chi connectivity index (χ2v) is 8.23. The Morgan fingerprint density at radius 2 is 1.83 bits per heavy atom. The lowest BCUT2D eigenvalue weighted by Gasteiger charge is -2.34. The van der Waals surface area contributed by atoms with Gasteiger partial charge in [-0.15, -0.1) is 0 Å². The van der Waals surface area contributed by atoms with E-state index in [0.29, 0.717) is 19.3 Å². The summed E-state index contributed by atoms with van der Waals surface area (Å²) in [7, 11) is 0. The molecule has 0 aliphatic carbocycles. The quantitative estimate of drug-likeness (QED) is 0.474. The standard InChI is InChI=1S/C22H30F4O4/c1-3-5-17-8-7-16(12-27-17)22(25,26)30-19-9-6-15(11-18(19)23)20-28-13-21(24,10-4-2)14-29-20/h6,9,11,16-17,20H,3-5,7-8,10,12-14H2,1-2H3. The second-order valence-electron chi connectivity index (χ2n) is 8.23. The van der Waals surface area contributed by atoms with Crippen LogP contribution in [0.2, 0.25) is 0 Å². The highest BCUT2D eigenvalue weighted by molar-refractivity contribution is 5.30. The van der Waals surface area contributed by atoms with Crippen LogP contribution in [0.3, 0.4) is 0 Å². The van der Waals surface area contributed by atoms with Crippen LogP contribution < -0.4 is 4.74 Å². The molecule has 2 atom stereocenters. The van der Waals surface area contributed by atoms with Gasteiger partial charge in [-0.1, -0.05) is 32.8 Å². The Labute approximate surface area is 174 Å². The van der Waals surface area contributed by atoms with Crippen LogP contribution in [0.25, 0.3) is 0 Å². The van der Waals surface area contributed by atoms with E-state index in [2.05, 4.69) is 0 Å². The first-order valence-corrected chi connectivity index (χ1v) is 10.7. The molecule has 0 radical (unpaired) electrons. The molecular weight excluding hydrogens is 404 g/mol.